The first-order valence-electron chi connectivity index (χ1n) is 10.0. The third-order valence-electron chi connectivity index (χ3n) is 5.32. The summed E-state index contributed by atoms with van der Waals surface area (Å²) >= 11 is 0. The second kappa shape index (κ2) is 9.13. The van der Waals surface area contributed by atoms with Crippen molar-refractivity contribution in [1.29, 1.82) is 0 Å². The molecule has 1 saturated heterocycles. The topological polar surface area (TPSA) is 68.3 Å². The fourth-order valence-corrected chi connectivity index (χ4v) is 3.73. The molecule has 1 rings (SSSR count). The number of likely N-dealkylation sites (tertiary alicyclic amines) is 1. The molecule has 0 unspecified atom stereocenters. The van der Waals surface area contributed by atoms with Crippen molar-refractivity contribution in [1.82, 2.24) is 9.80 Å². The number of hydrogen-bond acceptors (Lipinski definition) is 5. The number of rotatable bonds is 6. The van der Waals surface area contributed by atoms with E-state index in [0.29, 0.717) is 26.2 Å². The summed E-state index contributed by atoms with van der Waals surface area (Å²) in [6.07, 6.45) is -0.211. The van der Waals surface area contributed by atoms with Gasteiger partial charge < -0.3 is 18.8 Å². The number of likely N-dealkylation sites (N-methyl/N-ethyl adjacent to an activating group) is 1. The summed E-state index contributed by atoms with van der Waals surface area (Å²) in [5.74, 6) is -0.116. The number of carbonyl (C=O) groups excluding carboxylic acids is 2. The zero-order valence-electron chi connectivity index (χ0n) is 19.4. The Kier molecular flexibility index (Phi) is 8.13. The summed E-state index contributed by atoms with van der Waals surface area (Å²) < 4.78 is 17.6. The highest BCUT2D eigenvalue weighted by molar-refractivity contribution is 6.74. The van der Waals surface area contributed by atoms with Crippen LogP contribution in [-0.4, -0.2) is 81.7 Å². The Balaban J connectivity index is 2.67. The van der Waals surface area contributed by atoms with Crippen LogP contribution in [0.15, 0.2) is 0 Å². The molecule has 7 nitrogen and oxygen atoms in total. The summed E-state index contributed by atoms with van der Waals surface area (Å²) in [6.45, 7) is 17.8. The van der Waals surface area contributed by atoms with E-state index in [1.807, 2.05) is 20.8 Å². The molecule has 0 aliphatic carbocycles. The van der Waals surface area contributed by atoms with Gasteiger partial charge >= 0.3 is 6.09 Å². The van der Waals surface area contributed by atoms with Crippen molar-refractivity contribution in [3.05, 3.63) is 0 Å². The number of ether oxygens (including phenoxy) is 2. The molecule has 0 spiro atoms. The molecule has 2 atom stereocenters. The van der Waals surface area contributed by atoms with Crippen LogP contribution in [0.1, 0.15) is 48.0 Å². The van der Waals surface area contributed by atoms with E-state index in [-0.39, 0.29) is 17.0 Å². The van der Waals surface area contributed by atoms with Crippen molar-refractivity contribution in [2.45, 2.75) is 83.8 Å². The molecular formula is C20H40N2O5Si. The van der Waals surface area contributed by atoms with Gasteiger partial charge in [-0.05, 0) is 38.9 Å². The van der Waals surface area contributed by atoms with E-state index in [1.54, 1.807) is 14.1 Å². The number of hydrogen-bond donors (Lipinski definition) is 0. The highest BCUT2D eigenvalue weighted by Gasteiger charge is 2.43. The molecule has 164 valence electrons. The molecular weight excluding hydrogens is 376 g/mol. The largest absolute Gasteiger partial charge is 0.444 e. The van der Waals surface area contributed by atoms with Crippen molar-refractivity contribution in [2.24, 2.45) is 0 Å². The number of amides is 2. The van der Waals surface area contributed by atoms with Gasteiger partial charge in [0.25, 0.3) is 0 Å². The first-order chi connectivity index (χ1) is 12.5. The molecule has 2 amide bonds. The summed E-state index contributed by atoms with van der Waals surface area (Å²) in [5.41, 5.74) is -0.612. The Bertz CT molecular complexity index is 552. The van der Waals surface area contributed by atoms with Crippen LogP contribution in [0.5, 0.6) is 0 Å². The zero-order chi connectivity index (χ0) is 21.9. The van der Waals surface area contributed by atoms with Gasteiger partial charge in [0.2, 0.25) is 5.91 Å². The molecule has 0 aromatic heterocycles. The van der Waals surface area contributed by atoms with Crippen molar-refractivity contribution in [2.75, 3.05) is 33.9 Å². The van der Waals surface area contributed by atoms with Gasteiger partial charge in [-0.3, -0.25) is 9.69 Å². The number of carbonyl (C=O) groups is 2. The summed E-state index contributed by atoms with van der Waals surface area (Å²) in [6, 6.07) is -0.559. The third-order valence-corrected chi connectivity index (χ3v) is 9.86. The van der Waals surface area contributed by atoms with Gasteiger partial charge in [0.15, 0.2) is 8.32 Å². The summed E-state index contributed by atoms with van der Waals surface area (Å²) in [7, 11) is 1.57. The Morgan fingerprint density at radius 1 is 1.07 bits per heavy atom. The maximum Gasteiger partial charge on any atom is 0.411 e. The zero-order valence-corrected chi connectivity index (χ0v) is 20.4. The predicted octanol–water partition coefficient (Wildman–Crippen LogP) is 3.49. The van der Waals surface area contributed by atoms with E-state index < -0.39 is 26.1 Å². The van der Waals surface area contributed by atoms with Gasteiger partial charge in [0, 0.05) is 20.5 Å². The van der Waals surface area contributed by atoms with Crippen LogP contribution in [0.3, 0.4) is 0 Å². The highest BCUT2D eigenvalue weighted by Crippen LogP contribution is 2.36. The predicted molar refractivity (Wildman–Crippen MR) is 113 cm³/mol. The molecule has 1 aliphatic heterocycles. The Labute approximate surface area is 171 Å². The van der Waals surface area contributed by atoms with E-state index >= 15 is 0 Å². The fourth-order valence-electron chi connectivity index (χ4n) is 2.70. The number of nitrogens with zero attached hydrogens (tertiary/aromatic N) is 2. The SMILES string of the molecule is CN(C)C(=O)[C@@H]1C[C@@H](OCCO[Si](C)(C)C(C)(C)C)CN1C(=O)OC(C)(C)C. The van der Waals surface area contributed by atoms with E-state index in [2.05, 4.69) is 33.9 Å². The van der Waals surface area contributed by atoms with Crippen LogP contribution in [-0.2, 0) is 18.7 Å². The van der Waals surface area contributed by atoms with Gasteiger partial charge in [0.05, 0.1) is 25.9 Å². The van der Waals surface area contributed by atoms with Crippen molar-refractivity contribution in [3.8, 4) is 0 Å². The molecule has 8 heteroatoms. The minimum Gasteiger partial charge on any atom is -0.444 e. The Morgan fingerprint density at radius 2 is 1.64 bits per heavy atom. The lowest BCUT2D eigenvalue weighted by Gasteiger charge is -2.36. The molecule has 0 radical (unpaired) electrons. The quantitative estimate of drug-likeness (QED) is 0.490. The van der Waals surface area contributed by atoms with Crippen molar-refractivity contribution >= 4 is 20.3 Å². The van der Waals surface area contributed by atoms with Crippen LogP contribution < -0.4 is 0 Å². The van der Waals surface area contributed by atoms with Gasteiger partial charge in [-0.1, -0.05) is 20.8 Å². The average molecular weight is 417 g/mol. The molecule has 1 heterocycles. The maximum absolute atomic E-state index is 12.6. The molecule has 0 aromatic rings. The standard InChI is InChI=1S/C20H40N2O5Si/c1-19(2,3)27-18(24)22-14-15(13-16(22)17(23)21(7)8)25-11-12-26-28(9,10)20(4,5)6/h15-16H,11-14H2,1-10H3/t15-,16+/m1/s1. The lowest BCUT2D eigenvalue weighted by atomic mass is 10.2. The lowest BCUT2D eigenvalue weighted by molar-refractivity contribution is -0.133. The van der Waals surface area contributed by atoms with Crippen LogP contribution >= 0.6 is 0 Å². The monoisotopic (exact) mass is 416 g/mol. The van der Waals surface area contributed by atoms with Crippen LogP contribution in [0.4, 0.5) is 4.79 Å². The maximum atomic E-state index is 12.6. The van der Waals surface area contributed by atoms with Gasteiger partial charge in [-0.25, -0.2) is 4.79 Å². The van der Waals surface area contributed by atoms with E-state index in [9.17, 15) is 9.59 Å². The smallest absolute Gasteiger partial charge is 0.411 e. The molecule has 28 heavy (non-hydrogen) atoms. The van der Waals surface area contributed by atoms with Crippen LogP contribution in [0.2, 0.25) is 18.1 Å². The van der Waals surface area contributed by atoms with Gasteiger partial charge in [0.1, 0.15) is 11.6 Å². The Hall–Kier alpha value is -1.12. The van der Waals surface area contributed by atoms with E-state index in [4.69, 9.17) is 13.9 Å². The summed E-state index contributed by atoms with van der Waals surface area (Å²) in [5, 5.41) is 0.150. The third kappa shape index (κ3) is 7.04. The fraction of sp³-hybridized carbons (Fsp3) is 0.900. The van der Waals surface area contributed by atoms with Crippen LogP contribution in [0.25, 0.3) is 0 Å². The molecule has 1 fully saturated rings. The lowest BCUT2D eigenvalue weighted by Crippen LogP contribution is -2.47. The molecule has 0 aromatic carbocycles. The minimum absolute atomic E-state index is 0.116. The van der Waals surface area contributed by atoms with Crippen molar-refractivity contribution < 1.29 is 23.5 Å². The minimum atomic E-state index is -1.81. The highest BCUT2D eigenvalue weighted by atomic mass is 28.4. The molecule has 0 saturated carbocycles. The van der Waals surface area contributed by atoms with Gasteiger partial charge in [-0.2, -0.15) is 0 Å². The second-order valence-electron chi connectivity index (χ2n) is 10.2. The van der Waals surface area contributed by atoms with E-state index in [0.717, 1.165) is 0 Å². The Morgan fingerprint density at radius 3 is 2.11 bits per heavy atom. The summed E-state index contributed by atoms with van der Waals surface area (Å²) in [4.78, 5) is 28.1. The average Bonchev–Trinajstić information content (AvgIpc) is 2.92. The van der Waals surface area contributed by atoms with Gasteiger partial charge in [-0.15, -0.1) is 0 Å². The van der Waals surface area contributed by atoms with Crippen LogP contribution in [0, 0.1) is 0 Å². The normalized spacial score (nSPS) is 21.0. The molecule has 0 N–H and O–H groups in total. The molecule has 1 aliphatic rings. The first-order valence-corrected chi connectivity index (χ1v) is 12.9. The second-order valence-corrected chi connectivity index (χ2v) is 15.0. The van der Waals surface area contributed by atoms with E-state index in [1.165, 1.54) is 9.80 Å². The molecule has 0 bridgehead atoms. The van der Waals surface area contributed by atoms with Crippen molar-refractivity contribution in [3.63, 3.8) is 0 Å². The first kappa shape index (κ1) is 24.9.